The fourth-order valence-electron chi connectivity index (χ4n) is 0.783. The van der Waals surface area contributed by atoms with Crippen LogP contribution in [-0.4, -0.2) is 0 Å². The van der Waals surface area contributed by atoms with Gasteiger partial charge in [0.25, 0.3) is 0 Å². The van der Waals surface area contributed by atoms with E-state index in [-0.39, 0.29) is 12.2 Å². The van der Waals surface area contributed by atoms with Gasteiger partial charge in [0.2, 0.25) is 0 Å². The van der Waals surface area contributed by atoms with Gasteiger partial charge in [-0.05, 0) is 17.7 Å². The maximum atomic E-state index is 12.0. The van der Waals surface area contributed by atoms with Gasteiger partial charge in [-0.15, -0.1) is 0 Å². The summed E-state index contributed by atoms with van der Waals surface area (Å²) in [6.07, 6.45) is -4.40. The van der Waals surface area contributed by atoms with Crippen LogP contribution in [0, 0.1) is 6.67 Å². The predicted molar refractivity (Wildman–Crippen MR) is 36.0 cm³/mol. The first-order chi connectivity index (χ1) is 5.54. The maximum absolute atomic E-state index is 12.0. The van der Waals surface area contributed by atoms with Crippen LogP contribution in [0.5, 0.6) is 0 Å². The summed E-state index contributed by atoms with van der Waals surface area (Å²) >= 11 is 0. The van der Waals surface area contributed by atoms with Crippen LogP contribution in [0.4, 0.5) is 17.6 Å². The van der Waals surface area contributed by atoms with E-state index in [4.69, 9.17) is 0 Å². The third-order valence-corrected chi connectivity index (χ3v) is 1.34. The Bertz CT molecular complexity index is 264. The highest BCUT2D eigenvalue weighted by Crippen LogP contribution is 2.29. The van der Waals surface area contributed by atoms with Gasteiger partial charge in [0.1, 0.15) is 0 Å². The summed E-state index contributed by atoms with van der Waals surface area (Å²) in [4.78, 5) is 0. The van der Waals surface area contributed by atoms with Crippen molar-refractivity contribution in [2.24, 2.45) is 0 Å². The zero-order valence-electron chi connectivity index (χ0n) is 5.90. The van der Waals surface area contributed by atoms with Gasteiger partial charge in [-0.2, -0.15) is 13.2 Å². The van der Waals surface area contributed by atoms with Crippen LogP contribution in [0.15, 0.2) is 24.3 Å². The molecule has 0 unspecified atom stereocenters. The third-order valence-electron chi connectivity index (χ3n) is 1.34. The molecule has 0 spiro atoms. The number of hydrogen-bond donors (Lipinski definition) is 0. The predicted octanol–water partition coefficient (Wildman–Crippen LogP) is 3.18. The first-order valence-electron chi connectivity index (χ1n) is 3.15. The highest BCUT2D eigenvalue weighted by molar-refractivity contribution is 5.28. The molecule has 0 bridgehead atoms. The first-order valence-corrected chi connectivity index (χ1v) is 3.15. The summed E-state index contributed by atoms with van der Waals surface area (Å²) in [6, 6.07) is 4.07. The van der Waals surface area contributed by atoms with Crippen molar-refractivity contribution in [3.05, 3.63) is 42.1 Å². The number of benzene rings is 1. The standard InChI is InChI=1S/C8H5F4/c9-5-6-2-1-3-7(4-6)8(10,11)12/h1-5H. The Morgan fingerprint density at radius 3 is 2.33 bits per heavy atom. The molecule has 0 aliphatic heterocycles. The largest absolute Gasteiger partial charge is 0.416 e. The van der Waals surface area contributed by atoms with Crippen molar-refractivity contribution >= 4 is 0 Å². The van der Waals surface area contributed by atoms with E-state index in [1.165, 1.54) is 6.07 Å². The molecule has 0 amide bonds. The van der Waals surface area contributed by atoms with E-state index in [0.717, 1.165) is 18.2 Å². The molecule has 1 radical (unpaired) electrons. The van der Waals surface area contributed by atoms with E-state index in [9.17, 15) is 17.6 Å². The van der Waals surface area contributed by atoms with E-state index in [2.05, 4.69) is 0 Å². The van der Waals surface area contributed by atoms with Crippen LogP contribution in [0.2, 0.25) is 0 Å². The molecule has 0 heterocycles. The minimum Gasteiger partial charge on any atom is -0.239 e. The van der Waals surface area contributed by atoms with Gasteiger partial charge in [-0.25, -0.2) is 4.39 Å². The van der Waals surface area contributed by atoms with Crippen molar-refractivity contribution < 1.29 is 17.6 Å². The lowest BCUT2D eigenvalue weighted by Crippen LogP contribution is -2.04. The maximum Gasteiger partial charge on any atom is 0.416 e. The van der Waals surface area contributed by atoms with Crippen molar-refractivity contribution in [3.63, 3.8) is 0 Å². The molecule has 0 aliphatic rings. The number of alkyl halides is 3. The zero-order valence-corrected chi connectivity index (χ0v) is 5.90. The topological polar surface area (TPSA) is 0 Å². The summed E-state index contributed by atoms with van der Waals surface area (Å²) in [7, 11) is 0. The normalized spacial score (nSPS) is 11.7. The van der Waals surface area contributed by atoms with E-state index in [1.54, 1.807) is 0 Å². The molecular weight excluding hydrogens is 172 g/mol. The Hall–Kier alpha value is -1.06. The molecule has 12 heavy (non-hydrogen) atoms. The van der Waals surface area contributed by atoms with Crippen LogP contribution in [0.3, 0.4) is 0 Å². The van der Waals surface area contributed by atoms with Crippen molar-refractivity contribution in [2.75, 3.05) is 0 Å². The molecule has 0 atom stereocenters. The minimum absolute atomic E-state index is 0.0789. The molecule has 0 saturated heterocycles. The number of rotatable bonds is 1. The van der Waals surface area contributed by atoms with E-state index < -0.39 is 11.7 Å². The van der Waals surface area contributed by atoms with Crippen molar-refractivity contribution in [1.82, 2.24) is 0 Å². The second-order valence-corrected chi connectivity index (χ2v) is 2.23. The zero-order chi connectivity index (χ0) is 9.19. The third kappa shape index (κ3) is 1.96. The Morgan fingerprint density at radius 2 is 1.83 bits per heavy atom. The molecule has 1 aromatic rings. The summed E-state index contributed by atoms with van der Waals surface area (Å²) in [5.74, 6) is 0. The molecule has 0 saturated carbocycles. The van der Waals surface area contributed by atoms with Gasteiger partial charge in [-0.3, -0.25) is 0 Å². The van der Waals surface area contributed by atoms with Gasteiger partial charge in [0.15, 0.2) is 6.67 Å². The second-order valence-electron chi connectivity index (χ2n) is 2.23. The molecule has 0 aliphatic carbocycles. The minimum atomic E-state index is -4.40. The molecule has 1 aromatic carbocycles. The molecule has 0 N–H and O–H groups in total. The van der Waals surface area contributed by atoms with Crippen LogP contribution >= 0.6 is 0 Å². The Balaban J connectivity index is 3.02. The molecule has 65 valence electrons. The van der Waals surface area contributed by atoms with Gasteiger partial charge in [-0.1, -0.05) is 12.1 Å². The SMILES string of the molecule is F[CH]c1cccc(C(F)(F)F)c1. The molecule has 0 nitrogen and oxygen atoms in total. The summed E-state index contributed by atoms with van der Waals surface area (Å²) in [5.41, 5.74) is -0.918. The van der Waals surface area contributed by atoms with Crippen LogP contribution < -0.4 is 0 Å². The van der Waals surface area contributed by atoms with Crippen molar-refractivity contribution in [3.8, 4) is 0 Å². The summed E-state index contributed by atoms with van der Waals surface area (Å²) in [6.45, 7) is 0.134. The molecule has 0 fully saturated rings. The second kappa shape index (κ2) is 3.13. The average Bonchev–Trinajstić information content (AvgIpc) is 2.03. The average molecular weight is 177 g/mol. The van der Waals surface area contributed by atoms with E-state index in [0.29, 0.717) is 0 Å². The molecule has 4 heteroatoms. The fraction of sp³-hybridized carbons (Fsp3) is 0.125. The van der Waals surface area contributed by atoms with Gasteiger partial charge >= 0.3 is 6.18 Å². The molecular formula is C8H5F4. The highest BCUT2D eigenvalue weighted by atomic mass is 19.4. The molecule has 0 aromatic heterocycles. The summed E-state index contributed by atoms with van der Waals surface area (Å²) < 4.78 is 47.7. The van der Waals surface area contributed by atoms with Crippen LogP contribution in [0.25, 0.3) is 0 Å². The van der Waals surface area contributed by atoms with Gasteiger partial charge in [0.05, 0.1) is 5.56 Å². The van der Waals surface area contributed by atoms with Crippen molar-refractivity contribution in [1.29, 1.82) is 0 Å². The Labute approximate surface area is 66.8 Å². The lowest BCUT2D eigenvalue weighted by Gasteiger charge is -2.06. The van der Waals surface area contributed by atoms with Crippen LogP contribution in [0.1, 0.15) is 11.1 Å². The lowest BCUT2D eigenvalue weighted by molar-refractivity contribution is -0.137. The number of halogens is 4. The van der Waals surface area contributed by atoms with Crippen LogP contribution in [-0.2, 0) is 6.18 Å². The Kier molecular flexibility index (Phi) is 2.35. The molecule has 1 rings (SSSR count). The summed E-state index contributed by atoms with van der Waals surface area (Å²) in [5, 5.41) is 0. The van der Waals surface area contributed by atoms with E-state index >= 15 is 0 Å². The smallest absolute Gasteiger partial charge is 0.239 e. The first kappa shape index (κ1) is 9.03. The highest BCUT2D eigenvalue weighted by Gasteiger charge is 2.30. The van der Waals surface area contributed by atoms with Gasteiger partial charge in [0, 0.05) is 0 Å². The quantitative estimate of drug-likeness (QED) is 0.578. The Morgan fingerprint density at radius 1 is 1.17 bits per heavy atom. The number of hydrogen-bond acceptors (Lipinski definition) is 0. The van der Waals surface area contributed by atoms with Crippen molar-refractivity contribution in [2.45, 2.75) is 6.18 Å². The van der Waals surface area contributed by atoms with Gasteiger partial charge < -0.3 is 0 Å². The lowest BCUT2D eigenvalue weighted by atomic mass is 10.1. The monoisotopic (exact) mass is 177 g/mol. The van der Waals surface area contributed by atoms with E-state index in [1.807, 2.05) is 0 Å². The fourth-order valence-corrected chi connectivity index (χ4v) is 0.783.